The van der Waals surface area contributed by atoms with Gasteiger partial charge in [-0.05, 0) is 55.8 Å². The molecule has 8 heteroatoms. The number of nitrogens with zero attached hydrogens (tertiary/aromatic N) is 5. The molecule has 4 atom stereocenters. The molecular weight excluding hydrogens is 494 g/mol. The number of piperazine rings is 1. The molecular formula is C26H34BrN5O2. The van der Waals surface area contributed by atoms with E-state index in [1.807, 2.05) is 12.1 Å². The number of halogens is 1. The first kappa shape index (κ1) is 23.9. The molecule has 0 radical (unpaired) electrons. The molecule has 1 aromatic carbocycles. The molecule has 5 rings (SSSR count). The van der Waals surface area contributed by atoms with Crippen LogP contribution in [-0.2, 0) is 4.79 Å². The number of likely N-dealkylation sites (N-methyl/N-ethyl adjacent to an activating group) is 1. The van der Waals surface area contributed by atoms with Gasteiger partial charge in [0.05, 0.1) is 23.9 Å². The molecule has 182 valence electrons. The highest BCUT2D eigenvalue weighted by molar-refractivity contribution is 9.10. The van der Waals surface area contributed by atoms with Crippen molar-refractivity contribution in [2.24, 2.45) is 5.92 Å². The molecule has 0 amide bonds. The summed E-state index contributed by atoms with van der Waals surface area (Å²) in [7, 11) is 2.17. The summed E-state index contributed by atoms with van der Waals surface area (Å²) in [6.45, 7) is 6.57. The Bertz CT molecular complexity index is 1010. The summed E-state index contributed by atoms with van der Waals surface area (Å²) in [5, 5.41) is 10.4. The highest BCUT2D eigenvalue weighted by Gasteiger charge is 2.38. The van der Waals surface area contributed by atoms with Crippen LogP contribution in [-0.4, -0.2) is 77.1 Å². The van der Waals surface area contributed by atoms with E-state index in [1.165, 1.54) is 12.8 Å². The minimum atomic E-state index is -0.493. The monoisotopic (exact) mass is 527 g/mol. The smallest absolute Gasteiger partial charge is 0.135 e. The lowest BCUT2D eigenvalue weighted by atomic mass is 9.95. The second kappa shape index (κ2) is 10.0. The van der Waals surface area contributed by atoms with Crippen molar-refractivity contribution in [1.29, 1.82) is 0 Å². The highest BCUT2D eigenvalue weighted by Crippen LogP contribution is 2.43. The standard InChI is InChI=1S/C26H34BrN5O2/c1-17-13-22(34)24-23(17)25(29-16-28-24)31-9-11-32(12-10-31)26(30(2)14-18-3-4-18)21(15-33)19-5-7-20(27)8-6-19/h5-8,15-18,21-22,26,34H,3-4,9-14H2,1-2H3/t17-,21?,22+,26?/m1/s1. The van der Waals surface area contributed by atoms with E-state index in [0.717, 1.165) is 72.0 Å². The fraction of sp³-hybridized carbons (Fsp3) is 0.577. The Morgan fingerprint density at radius 2 is 1.88 bits per heavy atom. The van der Waals surface area contributed by atoms with Gasteiger partial charge in [-0.25, -0.2) is 9.97 Å². The van der Waals surface area contributed by atoms with Crippen molar-refractivity contribution in [1.82, 2.24) is 19.8 Å². The van der Waals surface area contributed by atoms with E-state index in [0.29, 0.717) is 6.42 Å². The Morgan fingerprint density at radius 3 is 2.53 bits per heavy atom. The average molecular weight is 528 g/mol. The molecule has 1 saturated carbocycles. The van der Waals surface area contributed by atoms with E-state index < -0.39 is 6.10 Å². The Kier molecular flexibility index (Phi) is 7.02. The second-order valence-electron chi connectivity index (χ2n) is 10.2. The second-order valence-corrected chi connectivity index (χ2v) is 11.1. The van der Waals surface area contributed by atoms with Gasteiger partial charge in [-0.1, -0.05) is 35.0 Å². The largest absolute Gasteiger partial charge is 0.387 e. The number of benzene rings is 1. The number of aliphatic hydroxyl groups excluding tert-OH is 1. The zero-order valence-electron chi connectivity index (χ0n) is 20.0. The normalized spacial score (nSPS) is 24.8. The van der Waals surface area contributed by atoms with E-state index >= 15 is 0 Å². The molecule has 2 fully saturated rings. The molecule has 1 saturated heterocycles. The predicted octanol–water partition coefficient (Wildman–Crippen LogP) is 3.55. The number of aldehydes is 1. The summed E-state index contributed by atoms with van der Waals surface area (Å²) in [6, 6.07) is 8.17. The summed E-state index contributed by atoms with van der Waals surface area (Å²) in [5.74, 6) is 1.77. The van der Waals surface area contributed by atoms with Gasteiger partial charge < -0.3 is 14.8 Å². The number of aliphatic hydroxyl groups is 1. The molecule has 2 aromatic rings. The first-order valence-corrected chi connectivity index (χ1v) is 13.2. The van der Waals surface area contributed by atoms with Crippen LogP contribution in [0.5, 0.6) is 0 Å². The van der Waals surface area contributed by atoms with Gasteiger partial charge in [0.15, 0.2) is 0 Å². The van der Waals surface area contributed by atoms with Crippen molar-refractivity contribution < 1.29 is 9.90 Å². The molecule has 1 aromatic heterocycles. The zero-order valence-corrected chi connectivity index (χ0v) is 21.6. The van der Waals surface area contributed by atoms with Crippen molar-refractivity contribution >= 4 is 28.0 Å². The molecule has 0 spiro atoms. The van der Waals surface area contributed by atoms with Crippen molar-refractivity contribution in [2.75, 3.05) is 44.7 Å². The predicted molar refractivity (Wildman–Crippen MR) is 136 cm³/mol. The van der Waals surface area contributed by atoms with Crippen LogP contribution in [0.2, 0.25) is 0 Å². The summed E-state index contributed by atoms with van der Waals surface area (Å²) >= 11 is 3.52. The summed E-state index contributed by atoms with van der Waals surface area (Å²) < 4.78 is 1.02. The van der Waals surface area contributed by atoms with Crippen LogP contribution >= 0.6 is 15.9 Å². The van der Waals surface area contributed by atoms with Crippen LogP contribution in [0.25, 0.3) is 0 Å². The topological polar surface area (TPSA) is 72.8 Å². The molecule has 2 aliphatic carbocycles. The maximum atomic E-state index is 12.4. The third-order valence-corrected chi connectivity index (χ3v) is 8.21. The lowest BCUT2D eigenvalue weighted by Crippen LogP contribution is -2.58. The van der Waals surface area contributed by atoms with Gasteiger partial charge in [-0.3, -0.25) is 9.80 Å². The lowest BCUT2D eigenvalue weighted by molar-refractivity contribution is -0.112. The number of rotatable bonds is 8. The third kappa shape index (κ3) is 4.78. The van der Waals surface area contributed by atoms with E-state index in [2.05, 4.69) is 66.7 Å². The van der Waals surface area contributed by atoms with Crippen molar-refractivity contribution in [2.45, 2.75) is 50.3 Å². The van der Waals surface area contributed by atoms with Gasteiger partial charge in [-0.15, -0.1) is 0 Å². The quantitative estimate of drug-likeness (QED) is 0.526. The summed E-state index contributed by atoms with van der Waals surface area (Å²) in [4.78, 5) is 28.7. The molecule has 3 aliphatic rings. The van der Waals surface area contributed by atoms with Gasteiger partial charge in [-0.2, -0.15) is 0 Å². The van der Waals surface area contributed by atoms with Gasteiger partial charge >= 0.3 is 0 Å². The van der Waals surface area contributed by atoms with Crippen molar-refractivity contribution in [3.05, 3.63) is 51.9 Å². The maximum Gasteiger partial charge on any atom is 0.135 e. The molecule has 0 bridgehead atoms. The Labute approximate surface area is 210 Å². The average Bonchev–Trinajstić information content (AvgIpc) is 3.61. The van der Waals surface area contributed by atoms with E-state index in [1.54, 1.807) is 6.33 Å². The van der Waals surface area contributed by atoms with Gasteiger partial charge in [0, 0.05) is 42.8 Å². The number of aromatic nitrogens is 2. The first-order chi connectivity index (χ1) is 16.5. The number of hydrogen-bond donors (Lipinski definition) is 1. The van der Waals surface area contributed by atoms with Crippen LogP contribution in [0.3, 0.4) is 0 Å². The molecule has 2 unspecified atom stereocenters. The molecule has 1 N–H and O–H groups in total. The van der Waals surface area contributed by atoms with E-state index in [4.69, 9.17) is 0 Å². The number of anilines is 1. The number of carbonyl (C=O) groups excluding carboxylic acids is 1. The van der Waals surface area contributed by atoms with Crippen molar-refractivity contribution in [3.63, 3.8) is 0 Å². The number of fused-ring (bicyclic) bond motifs is 1. The Morgan fingerprint density at radius 1 is 1.18 bits per heavy atom. The first-order valence-electron chi connectivity index (χ1n) is 12.4. The number of hydrogen-bond acceptors (Lipinski definition) is 7. The molecule has 7 nitrogen and oxygen atoms in total. The minimum absolute atomic E-state index is 0.0262. The lowest BCUT2D eigenvalue weighted by Gasteiger charge is -2.45. The summed E-state index contributed by atoms with van der Waals surface area (Å²) in [6.07, 6.45) is 5.54. The van der Waals surface area contributed by atoms with Crippen LogP contribution in [0, 0.1) is 5.92 Å². The zero-order chi connectivity index (χ0) is 23.8. The van der Waals surface area contributed by atoms with E-state index in [-0.39, 0.29) is 18.0 Å². The molecule has 34 heavy (non-hydrogen) atoms. The highest BCUT2D eigenvalue weighted by atomic mass is 79.9. The van der Waals surface area contributed by atoms with Crippen LogP contribution in [0.1, 0.15) is 60.9 Å². The van der Waals surface area contributed by atoms with Gasteiger partial charge in [0.2, 0.25) is 0 Å². The van der Waals surface area contributed by atoms with Crippen molar-refractivity contribution in [3.8, 4) is 0 Å². The van der Waals surface area contributed by atoms with Gasteiger partial charge in [0.1, 0.15) is 18.4 Å². The van der Waals surface area contributed by atoms with Crippen LogP contribution < -0.4 is 4.90 Å². The van der Waals surface area contributed by atoms with Crippen LogP contribution in [0.4, 0.5) is 5.82 Å². The van der Waals surface area contributed by atoms with E-state index in [9.17, 15) is 9.90 Å². The maximum absolute atomic E-state index is 12.4. The van der Waals surface area contributed by atoms with Crippen LogP contribution in [0.15, 0.2) is 35.1 Å². The minimum Gasteiger partial charge on any atom is -0.387 e. The molecule has 1 aliphatic heterocycles. The third-order valence-electron chi connectivity index (χ3n) is 7.68. The Balaban J connectivity index is 1.36. The molecule has 2 heterocycles. The summed E-state index contributed by atoms with van der Waals surface area (Å²) in [5.41, 5.74) is 2.95. The van der Waals surface area contributed by atoms with Gasteiger partial charge in [0.25, 0.3) is 0 Å². The SMILES string of the molecule is C[C@@H]1C[C@H](O)c2ncnc(N3CCN(C(C(C=O)c4ccc(Br)cc4)N(C)CC4CC4)CC3)c21. The Hall–Kier alpha value is -1.87. The fourth-order valence-electron chi connectivity index (χ4n) is 5.75. The number of carbonyl (C=O) groups is 1. The fourth-order valence-corrected chi connectivity index (χ4v) is 6.02.